The van der Waals surface area contributed by atoms with Gasteiger partial charge in [0, 0.05) is 39.2 Å². The van der Waals surface area contributed by atoms with E-state index in [9.17, 15) is 30.7 Å². The maximum Gasteiger partial charge on any atom is 0.416 e. The molecular formula is C31H36F7N5O3. The molecule has 0 amide bonds. The smallest absolute Gasteiger partial charge is 0.383 e. The standard InChI is InChI=1S/C31H36F7N5O3/c1-19(21-14-22(30(33,34)35)16-23(15-21)31(36,37)38)46-29-28(20-5-7-24(32)8-6-20)42(12-13-45-29)11-9-26-27(40-41-39-26)17-43-10-3-4-25(43)18-44-2/h5-8,14-16,19,25,28-29H,3-4,9-13,17-18H2,1-2H3,(H,39,40,41)/t19-,25?,28+,29-/m1/s1. The quantitative estimate of drug-likeness (QED) is 0.242. The second kappa shape index (κ2) is 14.3. The lowest BCUT2D eigenvalue weighted by Gasteiger charge is -2.42. The highest BCUT2D eigenvalue weighted by Gasteiger charge is 2.39. The molecule has 0 saturated carbocycles. The van der Waals surface area contributed by atoms with E-state index < -0.39 is 47.7 Å². The highest BCUT2D eigenvalue weighted by Crippen LogP contribution is 2.39. The van der Waals surface area contributed by atoms with Gasteiger partial charge in [-0.15, -0.1) is 5.10 Å². The summed E-state index contributed by atoms with van der Waals surface area (Å²) in [6.07, 6.45) is -9.70. The number of alkyl halides is 6. The molecule has 3 aromatic rings. The number of rotatable bonds is 11. The van der Waals surface area contributed by atoms with Crippen molar-refractivity contribution in [2.24, 2.45) is 0 Å². The SMILES string of the molecule is COCC1CCCN1Cc1[nH]nnc1CCN1CCO[C@H](O[C@H](C)c2cc(C(F)(F)F)cc(C(F)(F)F)c2)[C@@H]1c1ccc(F)cc1. The minimum absolute atomic E-state index is 0.0794. The minimum Gasteiger partial charge on any atom is -0.383 e. The van der Waals surface area contributed by atoms with Gasteiger partial charge in [-0.1, -0.05) is 17.3 Å². The van der Waals surface area contributed by atoms with Crippen molar-refractivity contribution in [2.75, 3.05) is 40.0 Å². The summed E-state index contributed by atoms with van der Waals surface area (Å²) in [6.45, 7) is 4.62. The summed E-state index contributed by atoms with van der Waals surface area (Å²) in [6, 6.07) is 6.68. The second-order valence-corrected chi connectivity index (χ2v) is 11.6. The maximum absolute atomic E-state index is 13.9. The highest BCUT2D eigenvalue weighted by molar-refractivity contribution is 5.35. The van der Waals surface area contributed by atoms with Crippen LogP contribution in [0.1, 0.15) is 65.6 Å². The van der Waals surface area contributed by atoms with E-state index in [-0.39, 0.29) is 18.2 Å². The summed E-state index contributed by atoms with van der Waals surface area (Å²) in [5.74, 6) is -0.470. The molecule has 1 aromatic heterocycles. The molecule has 5 rings (SSSR count). The van der Waals surface area contributed by atoms with Gasteiger partial charge in [-0.25, -0.2) is 4.39 Å². The monoisotopic (exact) mass is 659 g/mol. The summed E-state index contributed by atoms with van der Waals surface area (Å²) in [7, 11) is 1.68. The number of methoxy groups -OCH3 is 1. The Morgan fingerprint density at radius 3 is 2.35 bits per heavy atom. The molecule has 8 nitrogen and oxygen atoms in total. The van der Waals surface area contributed by atoms with Crippen LogP contribution >= 0.6 is 0 Å². The molecule has 3 heterocycles. The molecular weight excluding hydrogens is 623 g/mol. The van der Waals surface area contributed by atoms with Crippen molar-refractivity contribution >= 4 is 0 Å². The Morgan fingerprint density at radius 2 is 1.70 bits per heavy atom. The highest BCUT2D eigenvalue weighted by atomic mass is 19.4. The maximum atomic E-state index is 13.9. The van der Waals surface area contributed by atoms with Gasteiger partial charge in [-0.2, -0.15) is 26.3 Å². The molecule has 0 spiro atoms. The van der Waals surface area contributed by atoms with Gasteiger partial charge < -0.3 is 14.2 Å². The lowest BCUT2D eigenvalue weighted by atomic mass is 10.0. The first-order chi connectivity index (χ1) is 21.8. The summed E-state index contributed by atoms with van der Waals surface area (Å²) in [5.41, 5.74) is -0.914. The van der Waals surface area contributed by atoms with E-state index in [2.05, 4.69) is 20.3 Å². The Bertz CT molecular complexity index is 1400. The molecule has 0 aliphatic carbocycles. The van der Waals surface area contributed by atoms with Crippen LogP contribution in [-0.4, -0.2) is 77.5 Å². The first kappa shape index (κ1) is 34.2. The van der Waals surface area contributed by atoms with Crippen LogP contribution in [0.3, 0.4) is 0 Å². The van der Waals surface area contributed by atoms with Gasteiger partial charge in [0.25, 0.3) is 0 Å². The molecule has 46 heavy (non-hydrogen) atoms. The van der Waals surface area contributed by atoms with E-state index in [0.717, 1.165) is 30.8 Å². The number of H-pyrrole nitrogens is 1. The van der Waals surface area contributed by atoms with E-state index in [4.69, 9.17) is 14.2 Å². The van der Waals surface area contributed by atoms with Crippen LogP contribution in [0.5, 0.6) is 0 Å². The molecule has 1 N–H and O–H groups in total. The van der Waals surface area contributed by atoms with E-state index >= 15 is 0 Å². The number of nitrogens with zero attached hydrogens (tertiary/aromatic N) is 4. The van der Waals surface area contributed by atoms with Gasteiger partial charge >= 0.3 is 12.4 Å². The van der Waals surface area contributed by atoms with Crippen molar-refractivity contribution < 1.29 is 44.9 Å². The Labute approximate surface area is 261 Å². The molecule has 1 unspecified atom stereocenters. The average molecular weight is 660 g/mol. The number of ether oxygens (including phenoxy) is 3. The van der Waals surface area contributed by atoms with Crippen LogP contribution in [0.25, 0.3) is 0 Å². The molecule has 2 aliphatic rings. The Kier molecular flexibility index (Phi) is 10.7. The number of likely N-dealkylation sites (tertiary alicyclic amines) is 1. The fourth-order valence-electron chi connectivity index (χ4n) is 6.11. The van der Waals surface area contributed by atoms with Gasteiger partial charge in [0.2, 0.25) is 0 Å². The van der Waals surface area contributed by atoms with Crippen LogP contribution in [-0.2, 0) is 39.5 Å². The van der Waals surface area contributed by atoms with Crippen molar-refractivity contribution in [3.8, 4) is 0 Å². The van der Waals surface area contributed by atoms with Crippen molar-refractivity contribution in [2.45, 2.75) is 69.6 Å². The number of benzene rings is 2. The molecule has 0 radical (unpaired) electrons. The Morgan fingerprint density at radius 1 is 1.00 bits per heavy atom. The van der Waals surface area contributed by atoms with E-state index in [0.29, 0.717) is 56.4 Å². The number of nitrogens with one attached hydrogen (secondary N) is 1. The fraction of sp³-hybridized carbons (Fsp3) is 0.548. The predicted octanol–water partition coefficient (Wildman–Crippen LogP) is 6.31. The van der Waals surface area contributed by atoms with Crippen LogP contribution in [0, 0.1) is 5.82 Å². The normalized spacial score (nSPS) is 22.4. The second-order valence-electron chi connectivity index (χ2n) is 11.6. The molecule has 4 atom stereocenters. The Balaban J connectivity index is 1.36. The molecule has 2 fully saturated rings. The first-order valence-electron chi connectivity index (χ1n) is 15.0. The number of hydrogen-bond donors (Lipinski definition) is 1. The first-order valence-corrected chi connectivity index (χ1v) is 15.0. The zero-order valence-corrected chi connectivity index (χ0v) is 25.4. The van der Waals surface area contributed by atoms with Crippen molar-refractivity contribution in [3.05, 3.63) is 81.9 Å². The Hall–Kier alpha value is -3.11. The number of aromatic amines is 1. The zero-order chi connectivity index (χ0) is 33.1. The van der Waals surface area contributed by atoms with Crippen molar-refractivity contribution in [1.82, 2.24) is 25.2 Å². The molecule has 15 heteroatoms. The van der Waals surface area contributed by atoms with Gasteiger partial charge in [0.1, 0.15) is 5.82 Å². The van der Waals surface area contributed by atoms with Crippen molar-refractivity contribution in [3.63, 3.8) is 0 Å². The number of hydrogen-bond acceptors (Lipinski definition) is 7. The fourth-order valence-corrected chi connectivity index (χ4v) is 6.11. The van der Waals surface area contributed by atoms with Gasteiger partial charge in [0.15, 0.2) is 6.29 Å². The topological polar surface area (TPSA) is 75.7 Å². The lowest BCUT2D eigenvalue weighted by Crippen LogP contribution is -2.47. The molecule has 0 bridgehead atoms. The molecule has 252 valence electrons. The average Bonchev–Trinajstić information content (AvgIpc) is 3.65. The third kappa shape index (κ3) is 8.23. The lowest BCUT2D eigenvalue weighted by molar-refractivity contribution is -0.229. The zero-order valence-electron chi connectivity index (χ0n) is 25.4. The minimum atomic E-state index is -5.00. The molecule has 2 aromatic carbocycles. The van der Waals surface area contributed by atoms with E-state index in [1.807, 2.05) is 4.90 Å². The number of aromatic nitrogens is 3. The summed E-state index contributed by atoms with van der Waals surface area (Å²) in [5, 5.41) is 11.3. The largest absolute Gasteiger partial charge is 0.416 e. The van der Waals surface area contributed by atoms with Gasteiger partial charge in [-0.05, 0) is 67.8 Å². The molecule has 2 saturated heterocycles. The van der Waals surface area contributed by atoms with Gasteiger partial charge in [-0.3, -0.25) is 14.9 Å². The van der Waals surface area contributed by atoms with E-state index in [1.54, 1.807) is 19.2 Å². The van der Waals surface area contributed by atoms with Crippen LogP contribution in [0.15, 0.2) is 42.5 Å². The number of morpholine rings is 1. The summed E-state index contributed by atoms with van der Waals surface area (Å²) in [4.78, 5) is 4.35. The van der Waals surface area contributed by atoms with Crippen LogP contribution < -0.4 is 0 Å². The molecule has 2 aliphatic heterocycles. The predicted molar refractivity (Wildman–Crippen MR) is 152 cm³/mol. The summed E-state index contributed by atoms with van der Waals surface area (Å²) < 4.78 is 112. The van der Waals surface area contributed by atoms with Crippen molar-refractivity contribution in [1.29, 1.82) is 0 Å². The van der Waals surface area contributed by atoms with Crippen LogP contribution in [0.4, 0.5) is 30.7 Å². The van der Waals surface area contributed by atoms with Gasteiger partial charge in [0.05, 0.1) is 47.9 Å². The van der Waals surface area contributed by atoms with E-state index in [1.165, 1.54) is 19.1 Å². The van der Waals surface area contributed by atoms with Crippen LogP contribution in [0.2, 0.25) is 0 Å². The third-order valence-corrected chi connectivity index (χ3v) is 8.50. The number of halogens is 7. The summed E-state index contributed by atoms with van der Waals surface area (Å²) >= 11 is 0. The third-order valence-electron chi connectivity index (χ3n) is 8.50.